The summed E-state index contributed by atoms with van der Waals surface area (Å²) in [5, 5.41) is 23.5. The molecule has 1 atom stereocenters. The van der Waals surface area contributed by atoms with Crippen LogP contribution in [0.5, 0.6) is 0 Å². The molecule has 1 aromatic heterocycles. The number of carbonyl (C=O) groups is 1. The van der Waals surface area contributed by atoms with Crippen molar-refractivity contribution in [1.82, 2.24) is 25.5 Å². The quantitative estimate of drug-likeness (QED) is 0.640. The zero-order valence-corrected chi connectivity index (χ0v) is 10.1. The Morgan fingerprint density at radius 3 is 2.94 bits per heavy atom. The van der Waals surface area contributed by atoms with E-state index in [-0.39, 0.29) is 0 Å². The molecule has 0 radical (unpaired) electrons. The number of carboxylic acids is 1. The number of aliphatic carboxylic acids is 1. The Bertz CT molecular complexity index is 343. The van der Waals surface area contributed by atoms with Gasteiger partial charge < -0.3 is 10.4 Å². The lowest BCUT2D eigenvalue weighted by molar-refractivity contribution is -0.138. The average Bonchev–Trinajstić information content (AvgIpc) is 2.64. The first-order valence-electron chi connectivity index (χ1n) is 4.96. The third kappa shape index (κ3) is 3.78. The van der Waals surface area contributed by atoms with Gasteiger partial charge in [-0.15, -0.1) is 5.10 Å². The van der Waals surface area contributed by atoms with E-state index in [1.54, 1.807) is 7.05 Å². The number of rotatable bonds is 7. The molecule has 0 aliphatic rings. The summed E-state index contributed by atoms with van der Waals surface area (Å²) in [7, 11) is 1.72. The predicted molar refractivity (Wildman–Crippen MR) is 59.2 cm³/mol. The van der Waals surface area contributed by atoms with Gasteiger partial charge in [0.1, 0.15) is 6.04 Å². The van der Waals surface area contributed by atoms with E-state index >= 15 is 0 Å². The Balaban J connectivity index is 2.44. The molecule has 0 fully saturated rings. The average molecular weight is 245 g/mol. The van der Waals surface area contributed by atoms with Crippen LogP contribution in [-0.4, -0.2) is 49.6 Å². The summed E-state index contributed by atoms with van der Waals surface area (Å²) < 4.78 is 1.52. The highest BCUT2D eigenvalue weighted by Crippen LogP contribution is 2.13. The van der Waals surface area contributed by atoms with Crippen LogP contribution in [0.2, 0.25) is 0 Å². The van der Waals surface area contributed by atoms with Crippen molar-refractivity contribution in [2.24, 2.45) is 7.05 Å². The highest BCUT2D eigenvalue weighted by atomic mass is 32.2. The summed E-state index contributed by atoms with van der Waals surface area (Å²) in [4.78, 5) is 10.9. The fourth-order valence-electron chi connectivity index (χ4n) is 1.04. The van der Waals surface area contributed by atoms with Gasteiger partial charge in [0, 0.05) is 12.8 Å². The first-order valence-corrected chi connectivity index (χ1v) is 5.95. The van der Waals surface area contributed by atoms with Gasteiger partial charge in [-0.3, -0.25) is 4.79 Å². The van der Waals surface area contributed by atoms with Gasteiger partial charge in [0.25, 0.3) is 0 Å². The van der Waals surface area contributed by atoms with Crippen LogP contribution in [0, 0.1) is 0 Å². The maximum Gasteiger partial charge on any atom is 0.321 e. The van der Waals surface area contributed by atoms with Crippen LogP contribution in [0.3, 0.4) is 0 Å². The van der Waals surface area contributed by atoms with Crippen LogP contribution in [0.15, 0.2) is 5.16 Å². The van der Waals surface area contributed by atoms with E-state index < -0.39 is 12.0 Å². The van der Waals surface area contributed by atoms with Crippen LogP contribution >= 0.6 is 11.8 Å². The molecule has 2 N–H and O–H groups in total. The molecule has 1 rings (SSSR count). The second-order valence-electron chi connectivity index (χ2n) is 3.24. The van der Waals surface area contributed by atoms with Gasteiger partial charge in [0.05, 0.1) is 0 Å². The zero-order chi connectivity index (χ0) is 12.0. The van der Waals surface area contributed by atoms with Gasteiger partial charge in [-0.2, -0.15) is 0 Å². The summed E-state index contributed by atoms with van der Waals surface area (Å²) in [6, 6.07) is -0.568. The van der Waals surface area contributed by atoms with Gasteiger partial charge in [0.15, 0.2) is 0 Å². The number of hydrogen-bond acceptors (Lipinski definition) is 6. The molecule has 16 heavy (non-hydrogen) atoms. The van der Waals surface area contributed by atoms with E-state index in [1.807, 2.05) is 6.92 Å². The van der Waals surface area contributed by atoms with E-state index in [9.17, 15) is 4.79 Å². The molecule has 0 bridgehead atoms. The summed E-state index contributed by atoms with van der Waals surface area (Å²) >= 11 is 1.32. The molecule has 0 spiro atoms. The van der Waals surface area contributed by atoms with Gasteiger partial charge in [-0.25, -0.2) is 4.68 Å². The molecular formula is C8H15N5O2S. The molecule has 7 nitrogen and oxygen atoms in total. The molecule has 0 saturated heterocycles. The second kappa shape index (κ2) is 6.44. The fourth-order valence-corrected chi connectivity index (χ4v) is 1.93. The molecule has 1 aromatic rings. The van der Waals surface area contributed by atoms with Crippen molar-refractivity contribution in [2.45, 2.75) is 24.5 Å². The number of carboxylic acid groups (broad SMARTS) is 1. The van der Waals surface area contributed by atoms with Crippen molar-refractivity contribution in [3.8, 4) is 0 Å². The lowest BCUT2D eigenvalue weighted by Gasteiger charge is -2.12. The highest BCUT2D eigenvalue weighted by molar-refractivity contribution is 7.99. The van der Waals surface area contributed by atoms with Crippen molar-refractivity contribution >= 4 is 17.7 Å². The molecule has 1 unspecified atom stereocenters. The molecule has 0 aliphatic heterocycles. The number of nitrogens with one attached hydrogen (secondary N) is 1. The smallest absolute Gasteiger partial charge is 0.321 e. The second-order valence-corrected chi connectivity index (χ2v) is 4.23. The standard InChI is InChI=1S/C8H15N5O2S/c1-3-4-9-6(7(14)15)5-16-8-10-11-12-13(8)2/h6,9H,3-5H2,1-2H3,(H,14,15). The minimum atomic E-state index is -0.851. The molecular weight excluding hydrogens is 230 g/mol. The van der Waals surface area contributed by atoms with Crippen molar-refractivity contribution in [3.63, 3.8) is 0 Å². The Morgan fingerprint density at radius 2 is 2.44 bits per heavy atom. The van der Waals surface area contributed by atoms with Crippen LogP contribution in [0.1, 0.15) is 13.3 Å². The maximum atomic E-state index is 10.9. The number of aromatic nitrogens is 4. The number of aryl methyl sites for hydroxylation is 1. The van der Waals surface area contributed by atoms with E-state index in [0.717, 1.165) is 6.42 Å². The Hall–Kier alpha value is -1.15. The van der Waals surface area contributed by atoms with Gasteiger partial charge in [-0.05, 0) is 23.4 Å². The third-order valence-corrected chi connectivity index (χ3v) is 3.00. The van der Waals surface area contributed by atoms with Crippen molar-refractivity contribution < 1.29 is 9.90 Å². The Kier molecular flexibility index (Phi) is 5.20. The summed E-state index contributed by atoms with van der Waals surface area (Å²) in [5.74, 6) is -0.445. The molecule has 1 heterocycles. The van der Waals surface area contributed by atoms with Crippen LogP contribution in [0.4, 0.5) is 0 Å². The summed E-state index contributed by atoms with van der Waals surface area (Å²) in [5.41, 5.74) is 0. The van der Waals surface area contributed by atoms with Crippen LogP contribution in [-0.2, 0) is 11.8 Å². The van der Waals surface area contributed by atoms with Gasteiger partial charge in [-0.1, -0.05) is 18.7 Å². The number of hydrogen-bond donors (Lipinski definition) is 2. The third-order valence-electron chi connectivity index (χ3n) is 1.90. The monoisotopic (exact) mass is 245 g/mol. The number of thioether (sulfide) groups is 1. The van der Waals surface area contributed by atoms with Crippen molar-refractivity contribution in [2.75, 3.05) is 12.3 Å². The van der Waals surface area contributed by atoms with E-state index in [4.69, 9.17) is 5.11 Å². The molecule has 0 aromatic carbocycles. The molecule has 0 saturated carbocycles. The van der Waals surface area contributed by atoms with Crippen molar-refractivity contribution in [1.29, 1.82) is 0 Å². The largest absolute Gasteiger partial charge is 0.480 e. The minimum absolute atomic E-state index is 0.406. The topological polar surface area (TPSA) is 92.9 Å². The van der Waals surface area contributed by atoms with E-state index in [1.165, 1.54) is 16.4 Å². The Labute approximate surface area is 97.6 Å². The predicted octanol–water partition coefficient (Wildman–Crippen LogP) is -0.245. The summed E-state index contributed by atoms with van der Waals surface area (Å²) in [6.07, 6.45) is 0.903. The van der Waals surface area contributed by atoms with E-state index in [2.05, 4.69) is 20.8 Å². The minimum Gasteiger partial charge on any atom is -0.480 e. The number of nitrogens with zero attached hydrogens (tertiary/aromatic N) is 4. The zero-order valence-electron chi connectivity index (χ0n) is 9.25. The lowest BCUT2D eigenvalue weighted by Crippen LogP contribution is -2.39. The molecule has 90 valence electrons. The fraction of sp³-hybridized carbons (Fsp3) is 0.750. The van der Waals surface area contributed by atoms with Crippen LogP contribution in [0.25, 0.3) is 0 Å². The first kappa shape index (κ1) is 12.9. The molecule has 0 aliphatic carbocycles. The highest BCUT2D eigenvalue weighted by Gasteiger charge is 2.17. The van der Waals surface area contributed by atoms with Crippen molar-refractivity contribution in [3.05, 3.63) is 0 Å². The summed E-state index contributed by atoms with van der Waals surface area (Å²) in [6.45, 7) is 2.68. The first-order chi connectivity index (χ1) is 7.65. The van der Waals surface area contributed by atoms with E-state index in [0.29, 0.717) is 17.5 Å². The lowest BCUT2D eigenvalue weighted by atomic mass is 10.3. The molecule has 0 amide bonds. The van der Waals surface area contributed by atoms with Gasteiger partial charge >= 0.3 is 5.97 Å². The van der Waals surface area contributed by atoms with Gasteiger partial charge in [0.2, 0.25) is 5.16 Å². The number of tetrazole rings is 1. The molecule has 8 heteroatoms. The normalized spacial score (nSPS) is 12.6. The van der Waals surface area contributed by atoms with Crippen LogP contribution < -0.4 is 5.32 Å². The SMILES string of the molecule is CCCNC(CSc1nnnn1C)C(=O)O. The Morgan fingerprint density at radius 1 is 1.69 bits per heavy atom. The maximum absolute atomic E-state index is 10.9.